The van der Waals surface area contributed by atoms with Gasteiger partial charge in [-0.05, 0) is 62.0 Å². The molecular formula is C17H19N3OS. The van der Waals surface area contributed by atoms with E-state index in [-0.39, 0.29) is 5.91 Å². The van der Waals surface area contributed by atoms with E-state index in [1.807, 2.05) is 62.4 Å². The second kappa shape index (κ2) is 7.56. The Bertz CT molecular complexity index is 668. The van der Waals surface area contributed by atoms with Crippen molar-refractivity contribution < 1.29 is 4.79 Å². The van der Waals surface area contributed by atoms with Gasteiger partial charge in [-0.25, -0.2) is 0 Å². The Morgan fingerprint density at radius 1 is 1.00 bits per heavy atom. The summed E-state index contributed by atoms with van der Waals surface area (Å²) in [6.45, 7) is 4.68. The Labute approximate surface area is 135 Å². The van der Waals surface area contributed by atoms with E-state index in [0.717, 1.165) is 23.5 Å². The van der Waals surface area contributed by atoms with Crippen LogP contribution in [0.4, 0.5) is 11.4 Å². The van der Waals surface area contributed by atoms with Crippen LogP contribution in [0.15, 0.2) is 48.5 Å². The summed E-state index contributed by atoms with van der Waals surface area (Å²) in [5, 5.41) is 9.56. The van der Waals surface area contributed by atoms with Gasteiger partial charge in [-0.3, -0.25) is 4.79 Å². The number of benzene rings is 2. The summed E-state index contributed by atoms with van der Waals surface area (Å²) in [4.78, 5) is 12.2. The van der Waals surface area contributed by atoms with Crippen LogP contribution in [0.1, 0.15) is 22.8 Å². The number of thiocarbonyl (C=S) groups is 1. The molecule has 2 aromatic carbocycles. The molecule has 4 nitrogen and oxygen atoms in total. The van der Waals surface area contributed by atoms with Gasteiger partial charge in [0.15, 0.2) is 5.11 Å². The topological polar surface area (TPSA) is 53.2 Å². The number of hydrogen-bond donors (Lipinski definition) is 3. The molecule has 0 atom stereocenters. The van der Waals surface area contributed by atoms with Crippen LogP contribution in [-0.2, 0) is 0 Å². The largest absolute Gasteiger partial charge is 0.363 e. The van der Waals surface area contributed by atoms with Crippen LogP contribution < -0.4 is 16.0 Å². The number of rotatable bonds is 4. The van der Waals surface area contributed by atoms with Crippen LogP contribution in [0.2, 0.25) is 0 Å². The van der Waals surface area contributed by atoms with E-state index >= 15 is 0 Å². The number of nitrogens with one attached hydrogen (secondary N) is 3. The van der Waals surface area contributed by atoms with Gasteiger partial charge in [0, 0.05) is 23.5 Å². The Hall–Kier alpha value is -2.40. The summed E-state index contributed by atoms with van der Waals surface area (Å²) in [5.41, 5.74) is 3.25. The van der Waals surface area contributed by atoms with Crippen LogP contribution in [0.3, 0.4) is 0 Å². The molecule has 0 unspecified atom stereocenters. The minimum Gasteiger partial charge on any atom is -0.363 e. The summed E-state index contributed by atoms with van der Waals surface area (Å²) in [5.74, 6) is -0.109. The van der Waals surface area contributed by atoms with Gasteiger partial charge in [-0.2, -0.15) is 0 Å². The average Bonchev–Trinajstić information content (AvgIpc) is 2.50. The molecule has 2 rings (SSSR count). The van der Waals surface area contributed by atoms with Crippen LogP contribution in [-0.4, -0.2) is 17.6 Å². The van der Waals surface area contributed by atoms with Crippen molar-refractivity contribution in [3.8, 4) is 0 Å². The molecule has 0 aliphatic heterocycles. The zero-order valence-electron chi connectivity index (χ0n) is 12.6. The smallest absolute Gasteiger partial charge is 0.255 e. The lowest BCUT2D eigenvalue weighted by atomic mass is 10.1. The first-order chi connectivity index (χ1) is 10.6. The SMILES string of the molecule is CCNC(=S)Nc1ccc(NC(=O)c2ccccc2C)cc1. The quantitative estimate of drug-likeness (QED) is 0.756. The molecule has 0 saturated carbocycles. The lowest BCUT2D eigenvalue weighted by Gasteiger charge is -2.10. The fraction of sp³-hybridized carbons (Fsp3) is 0.176. The van der Waals surface area contributed by atoms with Gasteiger partial charge in [0.05, 0.1) is 0 Å². The standard InChI is InChI=1S/C17H19N3OS/c1-3-18-17(22)20-14-10-8-13(9-11-14)19-16(21)15-7-5-4-6-12(15)2/h4-11H,3H2,1-2H3,(H,19,21)(H2,18,20,22). The lowest BCUT2D eigenvalue weighted by molar-refractivity contribution is 0.102. The number of aryl methyl sites for hydroxylation is 1. The van der Waals surface area contributed by atoms with Gasteiger partial charge < -0.3 is 16.0 Å². The number of carbonyl (C=O) groups is 1. The van der Waals surface area contributed by atoms with E-state index in [2.05, 4.69) is 16.0 Å². The van der Waals surface area contributed by atoms with Crippen molar-refractivity contribution in [1.82, 2.24) is 5.32 Å². The van der Waals surface area contributed by atoms with Crippen molar-refractivity contribution in [3.05, 3.63) is 59.7 Å². The fourth-order valence-corrected chi connectivity index (χ4v) is 2.26. The van der Waals surface area contributed by atoms with Crippen LogP contribution in [0, 0.1) is 6.92 Å². The molecule has 0 aliphatic carbocycles. The first kappa shape index (κ1) is 16.0. The zero-order valence-corrected chi connectivity index (χ0v) is 13.5. The number of hydrogen-bond acceptors (Lipinski definition) is 2. The maximum atomic E-state index is 12.2. The maximum absolute atomic E-state index is 12.2. The molecule has 0 bridgehead atoms. The lowest BCUT2D eigenvalue weighted by Crippen LogP contribution is -2.27. The molecule has 0 saturated heterocycles. The van der Waals surface area contributed by atoms with Crippen LogP contribution in [0.5, 0.6) is 0 Å². The van der Waals surface area contributed by atoms with Gasteiger partial charge in [-0.15, -0.1) is 0 Å². The second-order valence-corrected chi connectivity index (χ2v) is 5.24. The van der Waals surface area contributed by atoms with Crippen molar-refractivity contribution >= 4 is 34.6 Å². The summed E-state index contributed by atoms with van der Waals surface area (Å²) in [6.07, 6.45) is 0. The summed E-state index contributed by atoms with van der Waals surface area (Å²) < 4.78 is 0. The van der Waals surface area contributed by atoms with E-state index in [4.69, 9.17) is 12.2 Å². The van der Waals surface area contributed by atoms with E-state index in [1.54, 1.807) is 0 Å². The first-order valence-corrected chi connectivity index (χ1v) is 7.53. The number of carbonyl (C=O) groups excluding carboxylic acids is 1. The molecule has 2 aromatic rings. The highest BCUT2D eigenvalue weighted by Gasteiger charge is 2.08. The Morgan fingerprint density at radius 2 is 1.59 bits per heavy atom. The second-order valence-electron chi connectivity index (χ2n) is 4.83. The van der Waals surface area contributed by atoms with Gasteiger partial charge in [0.2, 0.25) is 0 Å². The summed E-state index contributed by atoms with van der Waals surface area (Å²) in [6, 6.07) is 14.9. The highest BCUT2D eigenvalue weighted by Crippen LogP contribution is 2.15. The van der Waals surface area contributed by atoms with Crippen molar-refractivity contribution in [2.24, 2.45) is 0 Å². The average molecular weight is 313 g/mol. The molecule has 22 heavy (non-hydrogen) atoms. The minimum absolute atomic E-state index is 0.109. The molecule has 1 amide bonds. The Balaban J connectivity index is 2.01. The van der Waals surface area contributed by atoms with Crippen molar-refractivity contribution in [1.29, 1.82) is 0 Å². The van der Waals surface area contributed by atoms with Crippen molar-refractivity contribution in [3.63, 3.8) is 0 Å². The van der Waals surface area contributed by atoms with E-state index < -0.39 is 0 Å². The normalized spacial score (nSPS) is 9.91. The molecule has 0 fully saturated rings. The van der Waals surface area contributed by atoms with Crippen molar-refractivity contribution in [2.45, 2.75) is 13.8 Å². The zero-order chi connectivity index (χ0) is 15.9. The highest BCUT2D eigenvalue weighted by molar-refractivity contribution is 7.80. The third kappa shape index (κ3) is 4.30. The molecule has 5 heteroatoms. The van der Waals surface area contributed by atoms with Gasteiger partial charge in [0.1, 0.15) is 0 Å². The Morgan fingerprint density at radius 3 is 2.18 bits per heavy atom. The van der Waals surface area contributed by atoms with Crippen LogP contribution >= 0.6 is 12.2 Å². The molecule has 3 N–H and O–H groups in total. The maximum Gasteiger partial charge on any atom is 0.255 e. The van der Waals surface area contributed by atoms with E-state index in [9.17, 15) is 4.79 Å². The van der Waals surface area contributed by atoms with E-state index in [1.165, 1.54) is 0 Å². The van der Waals surface area contributed by atoms with E-state index in [0.29, 0.717) is 10.7 Å². The monoisotopic (exact) mass is 313 g/mol. The molecule has 0 radical (unpaired) electrons. The molecule has 0 heterocycles. The van der Waals surface area contributed by atoms with Gasteiger partial charge in [-0.1, -0.05) is 18.2 Å². The van der Waals surface area contributed by atoms with Gasteiger partial charge >= 0.3 is 0 Å². The summed E-state index contributed by atoms with van der Waals surface area (Å²) >= 11 is 5.12. The predicted molar refractivity (Wildman–Crippen MR) is 95.5 cm³/mol. The number of anilines is 2. The highest BCUT2D eigenvalue weighted by atomic mass is 32.1. The third-order valence-corrected chi connectivity index (χ3v) is 3.37. The Kier molecular flexibility index (Phi) is 5.49. The molecule has 114 valence electrons. The fourth-order valence-electron chi connectivity index (χ4n) is 2.00. The predicted octanol–water partition coefficient (Wildman–Crippen LogP) is 3.55. The molecular weight excluding hydrogens is 294 g/mol. The van der Waals surface area contributed by atoms with Crippen LogP contribution in [0.25, 0.3) is 0 Å². The summed E-state index contributed by atoms with van der Waals surface area (Å²) in [7, 11) is 0. The van der Waals surface area contributed by atoms with Gasteiger partial charge in [0.25, 0.3) is 5.91 Å². The molecule has 0 aromatic heterocycles. The minimum atomic E-state index is -0.109. The van der Waals surface area contributed by atoms with Crippen molar-refractivity contribution in [2.75, 3.05) is 17.2 Å². The first-order valence-electron chi connectivity index (χ1n) is 7.12. The third-order valence-electron chi connectivity index (χ3n) is 3.13. The number of amides is 1. The molecule has 0 aliphatic rings. The molecule has 0 spiro atoms.